The smallest absolute Gasteiger partial charge is 0.0863 e. The van der Waals surface area contributed by atoms with Crippen molar-refractivity contribution in [3.05, 3.63) is 66.2 Å². The Balaban J connectivity index is 1.99. The molecule has 0 aromatic heterocycles. The molecule has 3 heteroatoms. The third kappa shape index (κ3) is 2.83. The van der Waals surface area contributed by atoms with Crippen LogP contribution in [0.4, 0.5) is 5.69 Å². The van der Waals surface area contributed by atoms with Gasteiger partial charge in [0.25, 0.3) is 0 Å². The van der Waals surface area contributed by atoms with Crippen molar-refractivity contribution in [3.63, 3.8) is 0 Å². The molecule has 0 amide bonds. The zero-order chi connectivity index (χ0) is 14.9. The van der Waals surface area contributed by atoms with E-state index in [-0.39, 0.29) is 6.04 Å². The molecule has 108 valence electrons. The Hall–Kier alpha value is -2.13. The van der Waals surface area contributed by atoms with E-state index in [1.165, 1.54) is 0 Å². The molecule has 21 heavy (non-hydrogen) atoms. The second-order valence-corrected chi connectivity index (χ2v) is 5.97. The zero-order valence-electron chi connectivity index (χ0n) is 12.4. The molecular weight excluding hydrogens is 260 g/mol. The van der Waals surface area contributed by atoms with Crippen LogP contribution >= 0.6 is 0 Å². The average molecular weight is 280 g/mol. The van der Waals surface area contributed by atoms with Crippen LogP contribution in [0.1, 0.15) is 25.8 Å². The summed E-state index contributed by atoms with van der Waals surface area (Å²) >= 11 is 0. The second kappa shape index (κ2) is 5.34. The Labute approximate surface area is 125 Å². The lowest BCUT2D eigenvalue weighted by Crippen LogP contribution is -2.45. The van der Waals surface area contributed by atoms with Crippen LogP contribution in [0.3, 0.4) is 0 Å². The summed E-state index contributed by atoms with van der Waals surface area (Å²) in [6.07, 6.45) is 0.738. The van der Waals surface area contributed by atoms with Crippen molar-refractivity contribution in [2.45, 2.75) is 31.9 Å². The number of rotatable bonds is 3. The third-order valence-corrected chi connectivity index (χ3v) is 3.85. The van der Waals surface area contributed by atoms with Crippen LogP contribution in [0.5, 0.6) is 0 Å². The Morgan fingerprint density at radius 3 is 2.14 bits per heavy atom. The summed E-state index contributed by atoms with van der Waals surface area (Å²) in [7, 11) is 0. The van der Waals surface area contributed by atoms with Crippen molar-refractivity contribution in [2.24, 2.45) is 5.10 Å². The highest BCUT2D eigenvalue weighted by molar-refractivity contribution is 6.03. The molecule has 0 saturated heterocycles. The minimum Gasteiger partial charge on any atom is -0.388 e. The molecular formula is C18H20N2O. The van der Waals surface area contributed by atoms with Crippen molar-refractivity contribution in [1.29, 1.82) is 0 Å². The van der Waals surface area contributed by atoms with Crippen LogP contribution in [-0.2, 0) is 0 Å². The molecule has 1 heterocycles. The van der Waals surface area contributed by atoms with Crippen LogP contribution < -0.4 is 5.01 Å². The van der Waals surface area contributed by atoms with Gasteiger partial charge in [0, 0.05) is 6.42 Å². The van der Waals surface area contributed by atoms with Gasteiger partial charge in [-0.15, -0.1) is 0 Å². The summed E-state index contributed by atoms with van der Waals surface area (Å²) in [4.78, 5) is 0. The van der Waals surface area contributed by atoms with Gasteiger partial charge in [-0.1, -0.05) is 48.5 Å². The van der Waals surface area contributed by atoms with Gasteiger partial charge in [0.05, 0.1) is 23.0 Å². The maximum absolute atomic E-state index is 10.5. The van der Waals surface area contributed by atoms with Crippen LogP contribution in [0.2, 0.25) is 0 Å². The minimum atomic E-state index is -0.824. The zero-order valence-corrected chi connectivity index (χ0v) is 12.4. The molecule has 1 aliphatic rings. The topological polar surface area (TPSA) is 35.8 Å². The lowest BCUT2D eigenvalue weighted by molar-refractivity contribution is 0.0539. The van der Waals surface area contributed by atoms with E-state index < -0.39 is 5.60 Å². The van der Waals surface area contributed by atoms with Crippen molar-refractivity contribution in [2.75, 3.05) is 5.01 Å². The first-order valence-corrected chi connectivity index (χ1v) is 7.25. The van der Waals surface area contributed by atoms with E-state index in [9.17, 15) is 5.11 Å². The Morgan fingerprint density at radius 2 is 1.57 bits per heavy atom. The van der Waals surface area contributed by atoms with Gasteiger partial charge in [-0.3, -0.25) is 5.01 Å². The Bertz CT molecular complexity index is 629. The van der Waals surface area contributed by atoms with Gasteiger partial charge in [0.2, 0.25) is 0 Å². The highest BCUT2D eigenvalue weighted by Crippen LogP contribution is 2.32. The number of hydrazone groups is 1. The van der Waals surface area contributed by atoms with Gasteiger partial charge in [-0.05, 0) is 31.5 Å². The van der Waals surface area contributed by atoms with Crippen molar-refractivity contribution >= 4 is 11.4 Å². The van der Waals surface area contributed by atoms with Gasteiger partial charge in [0.1, 0.15) is 0 Å². The van der Waals surface area contributed by atoms with Crippen molar-refractivity contribution in [3.8, 4) is 0 Å². The number of nitrogens with zero attached hydrogens (tertiary/aromatic N) is 2. The van der Waals surface area contributed by atoms with E-state index in [2.05, 4.69) is 12.1 Å². The molecule has 2 aromatic carbocycles. The van der Waals surface area contributed by atoms with E-state index in [4.69, 9.17) is 5.10 Å². The molecule has 1 N–H and O–H groups in total. The van der Waals surface area contributed by atoms with E-state index in [0.717, 1.165) is 23.4 Å². The van der Waals surface area contributed by atoms with Gasteiger partial charge < -0.3 is 5.11 Å². The van der Waals surface area contributed by atoms with E-state index in [1.54, 1.807) is 0 Å². The predicted molar refractivity (Wildman–Crippen MR) is 86.6 cm³/mol. The van der Waals surface area contributed by atoms with Crippen LogP contribution in [0.25, 0.3) is 0 Å². The van der Waals surface area contributed by atoms with Gasteiger partial charge >= 0.3 is 0 Å². The Kier molecular flexibility index (Phi) is 3.52. The summed E-state index contributed by atoms with van der Waals surface area (Å²) in [6, 6.07) is 20.1. The van der Waals surface area contributed by atoms with Crippen LogP contribution in [-0.4, -0.2) is 22.5 Å². The van der Waals surface area contributed by atoms with Crippen LogP contribution in [0.15, 0.2) is 65.8 Å². The minimum absolute atomic E-state index is 0.0601. The maximum Gasteiger partial charge on any atom is 0.0863 e. The van der Waals surface area contributed by atoms with E-state index in [1.807, 2.05) is 67.4 Å². The first-order chi connectivity index (χ1) is 10.1. The summed E-state index contributed by atoms with van der Waals surface area (Å²) in [6.45, 7) is 3.69. The number of aliphatic hydroxyl groups is 1. The largest absolute Gasteiger partial charge is 0.388 e. The molecule has 3 rings (SSSR count). The monoisotopic (exact) mass is 280 g/mol. The third-order valence-electron chi connectivity index (χ3n) is 3.85. The lowest BCUT2D eigenvalue weighted by Gasteiger charge is -2.32. The number of anilines is 1. The summed E-state index contributed by atoms with van der Waals surface area (Å²) in [5.74, 6) is 0. The number of benzene rings is 2. The maximum atomic E-state index is 10.5. The van der Waals surface area contributed by atoms with Crippen LogP contribution in [0, 0.1) is 0 Å². The molecule has 0 bridgehead atoms. The molecule has 0 unspecified atom stereocenters. The van der Waals surface area contributed by atoms with Gasteiger partial charge in [0.15, 0.2) is 0 Å². The quantitative estimate of drug-likeness (QED) is 0.935. The van der Waals surface area contributed by atoms with Crippen molar-refractivity contribution < 1.29 is 5.11 Å². The summed E-state index contributed by atoms with van der Waals surface area (Å²) < 4.78 is 0. The fourth-order valence-corrected chi connectivity index (χ4v) is 2.68. The number of hydrogen-bond donors (Lipinski definition) is 1. The molecule has 0 fully saturated rings. The molecule has 0 spiro atoms. The summed E-state index contributed by atoms with van der Waals surface area (Å²) in [5.41, 5.74) is 2.32. The fraction of sp³-hybridized carbons (Fsp3) is 0.278. The SMILES string of the molecule is CC(C)(O)[C@H]1CC(c2ccccc2)=NN1c1ccccc1. The number of hydrogen-bond acceptors (Lipinski definition) is 3. The lowest BCUT2D eigenvalue weighted by atomic mass is 9.92. The predicted octanol–water partition coefficient (Wildman–Crippen LogP) is 3.44. The molecule has 2 aromatic rings. The molecule has 0 radical (unpaired) electrons. The molecule has 0 aliphatic carbocycles. The second-order valence-electron chi connectivity index (χ2n) is 5.97. The highest BCUT2D eigenvalue weighted by Gasteiger charge is 2.38. The highest BCUT2D eigenvalue weighted by atomic mass is 16.3. The fourth-order valence-electron chi connectivity index (χ4n) is 2.68. The molecule has 0 saturated carbocycles. The molecule has 1 atom stereocenters. The summed E-state index contributed by atoms with van der Waals surface area (Å²) in [5, 5.41) is 17.2. The molecule has 1 aliphatic heterocycles. The first kappa shape index (κ1) is 13.8. The first-order valence-electron chi connectivity index (χ1n) is 7.25. The standard InChI is InChI=1S/C18H20N2O/c1-18(2,21)17-13-16(14-9-5-3-6-10-14)19-20(17)15-11-7-4-8-12-15/h3-12,17,21H,13H2,1-2H3/t17-/m1/s1. The van der Waals surface area contributed by atoms with Crippen molar-refractivity contribution in [1.82, 2.24) is 0 Å². The number of para-hydroxylation sites is 1. The normalized spacial score (nSPS) is 18.7. The van der Waals surface area contributed by atoms with E-state index >= 15 is 0 Å². The van der Waals surface area contributed by atoms with E-state index in [0.29, 0.717) is 0 Å². The van der Waals surface area contributed by atoms with Gasteiger partial charge in [-0.25, -0.2) is 0 Å². The average Bonchev–Trinajstić information content (AvgIpc) is 2.94. The Morgan fingerprint density at radius 1 is 1.00 bits per heavy atom. The molecule has 3 nitrogen and oxygen atoms in total. The van der Waals surface area contributed by atoms with Gasteiger partial charge in [-0.2, -0.15) is 5.10 Å².